The smallest absolute Gasteiger partial charge is 0.342 e. The monoisotopic (exact) mass is 596 g/mol. The molecule has 0 aromatic carbocycles. The molecule has 4 fully saturated rings. The van der Waals surface area contributed by atoms with E-state index >= 15 is 0 Å². The Hall–Kier alpha value is -4.21. The Kier molecular flexibility index (Phi) is 6.78. The minimum atomic E-state index is -0.645. The molecule has 4 aliphatic rings. The zero-order valence-corrected chi connectivity index (χ0v) is 26.1. The molecule has 4 aromatic rings. The number of methoxy groups -OCH3 is 1. The fourth-order valence-electron chi connectivity index (χ4n) is 8.48. The van der Waals surface area contributed by atoms with Crippen LogP contribution in [0.15, 0.2) is 43.1 Å². The van der Waals surface area contributed by atoms with Crippen molar-refractivity contribution in [2.45, 2.75) is 78.4 Å². The highest BCUT2D eigenvalue weighted by Gasteiger charge is 2.51. The molecule has 10 nitrogen and oxygen atoms in total. The highest BCUT2D eigenvalue weighted by molar-refractivity contribution is 6.03. The Morgan fingerprint density at radius 3 is 2.36 bits per heavy atom. The van der Waals surface area contributed by atoms with Crippen LogP contribution in [0.1, 0.15) is 85.7 Å². The van der Waals surface area contributed by atoms with Gasteiger partial charge in [-0.25, -0.2) is 14.6 Å². The molecule has 0 atom stereocenters. The van der Waals surface area contributed by atoms with Crippen LogP contribution in [-0.4, -0.2) is 48.8 Å². The maximum atomic E-state index is 13.3. The topological polar surface area (TPSA) is 113 Å². The number of fused-ring (bicyclic) bond motifs is 1. The van der Waals surface area contributed by atoms with E-state index in [1.807, 2.05) is 39.2 Å². The summed E-state index contributed by atoms with van der Waals surface area (Å²) in [5.41, 5.74) is 3.97. The molecule has 0 radical (unpaired) electrons. The zero-order chi connectivity index (χ0) is 30.8. The summed E-state index contributed by atoms with van der Waals surface area (Å²) in [6.07, 6.45) is 16.6. The van der Waals surface area contributed by atoms with E-state index in [4.69, 9.17) is 14.6 Å². The van der Waals surface area contributed by atoms with Gasteiger partial charge < -0.3 is 14.8 Å². The average molecular weight is 597 g/mol. The molecule has 4 saturated carbocycles. The lowest BCUT2D eigenvalue weighted by molar-refractivity contribution is -0.0638. The number of carbonyl (C=O) groups excluding carboxylic acids is 2. The second kappa shape index (κ2) is 10.5. The summed E-state index contributed by atoms with van der Waals surface area (Å²) in [4.78, 5) is 35.0. The van der Waals surface area contributed by atoms with Gasteiger partial charge in [-0.05, 0) is 102 Å². The largest absolute Gasteiger partial charge is 0.465 e. The van der Waals surface area contributed by atoms with Crippen molar-refractivity contribution >= 4 is 29.1 Å². The molecule has 4 bridgehead atoms. The van der Waals surface area contributed by atoms with Gasteiger partial charge in [0.2, 0.25) is 0 Å². The Morgan fingerprint density at radius 2 is 1.70 bits per heavy atom. The lowest BCUT2D eigenvalue weighted by atomic mass is 9.49. The van der Waals surface area contributed by atoms with E-state index in [0.717, 1.165) is 41.1 Å². The minimum Gasteiger partial charge on any atom is -0.465 e. The molecule has 0 unspecified atom stereocenters. The van der Waals surface area contributed by atoms with Crippen LogP contribution in [0.4, 0.5) is 11.5 Å². The zero-order valence-electron chi connectivity index (χ0n) is 26.1. The van der Waals surface area contributed by atoms with E-state index in [0.29, 0.717) is 33.7 Å². The van der Waals surface area contributed by atoms with Crippen LogP contribution in [-0.2, 0) is 16.0 Å². The van der Waals surface area contributed by atoms with Gasteiger partial charge >= 0.3 is 11.9 Å². The van der Waals surface area contributed by atoms with E-state index in [1.165, 1.54) is 45.6 Å². The highest BCUT2D eigenvalue weighted by atomic mass is 16.6. The fraction of sp³-hybridized carbons (Fsp3) is 0.500. The maximum absolute atomic E-state index is 13.3. The lowest BCUT2D eigenvalue weighted by Crippen LogP contribution is -2.48. The van der Waals surface area contributed by atoms with E-state index in [2.05, 4.69) is 26.9 Å². The molecule has 8 rings (SSSR count). The van der Waals surface area contributed by atoms with Crippen LogP contribution in [0.2, 0.25) is 0 Å². The van der Waals surface area contributed by atoms with Gasteiger partial charge in [-0.1, -0.05) is 0 Å². The van der Waals surface area contributed by atoms with Gasteiger partial charge in [0.25, 0.3) is 0 Å². The predicted molar refractivity (Wildman–Crippen MR) is 166 cm³/mol. The number of nitrogens with one attached hydrogen (secondary N) is 1. The summed E-state index contributed by atoms with van der Waals surface area (Å²) in [6, 6.07) is 3.52. The third-order valence-corrected chi connectivity index (χ3v) is 9.82. The summed E-state index contributed by atoms with van der Waals surface area (Å²) in [5.74, 6) is 2.24. The van der Waals surface area contributed by atoms with Crippen LogP contribution in [0.5, 0.6) is 0 Å². The van der Waals surface area contributed by atoms with E-state index in [1.54, 1.807) is 29.1 Å². The predicted octanol–water partition coefficient (Wildman–Crippen LogP) is 6.60. The van der Waals surface area contributed by atoms with Crippen LogP contribution < -0.4 is 5.32 Å². The molecule has 10 heteroatoms. The van der Waals surface area contributed by atoms with E-state index in [9.17, 15) is 9.59 Å². The molecule has 0 spiro atoms. The third-order valence-electron chi connectivity index (χ3n) is 9.82. The first-order valence-electron chi connectivity index (χ1n) is 15.6. The first-order chi connectivity index (χ1) is 21.0. The first-order valence-corrected chi connectivity index (χ1v) is 15.6. The molecule has 230 valence electrons. The first kappa shape index (κ1) is 28.6. The highest BCUT2D eigenvalue weighted by Crippen LogP contribution is 2.60. The van der Waals surface area contributed by atoms with Gasteiger partial charge in [-0.2, -0.15) is 5.10 Å². The molecule has 1 N–H and O–H groups in total. The maximum Gasteiger partial charge on any atom is 0.342 e. The standard InChI is InChI=1S/C34H40N6O4/c1-20-26(16-37-40(20)19-34-13-21-10-22(14-34)12-23(11-21)15-34)24-7-9-39-28(18-36-30(39)29(24)32(42)43-5)38-27-17-35-8-6-25(27)31(41)44-33(2,3)4/h6-9,16-18,21-23,38H,10-15,19H2,1-5H3. The van der Waals surface area contributed by atoms with Crippen LogP contribution >= 0.6 is 0 Å². The SMILES string of the molecule is COC(=O)c1c(-c2cnn(CC34CC5CC(CC(C5)C3)C4)c2C)ccn2c(Nc3cnccc3C(=O)OC(C)(C)C)cnc12. The third kappa shape index (κ3) is 5.04. The second-order valence-corrected chi connectivity index (χ2v) is 14.2. The number of carbonyl (C=O) groups is 2. The number of hydrogen-bond acceptors (Lipinski definition) is 8. The summed E-state index contributed by atoms with van der Waals surface area (Å²) in [5, 5.41) is 8.12. The average Bonchev–Trinajstić information content (AvgIpc) is 3.53. The van der Waals surface area contributed by atoms with Crippen molar-refractivity contribution in [3.05, 3.63) is 59.9 Å². The van der Waals surface area contributed by atoms with Crippen LogP contribution in [0.25, 0.3) is 16.8 Å². The van der Waals surface area contributed by atoms with Gasteiger partial charge in [-0.15, -0.1) is 0 Å². The van der Waals surface area contributed by atoms with E-state index < -0.39 is 17.5 Å². The number of pyridine rings is 2. The van der Waals surface area contributed by atoms with Crippen molar-refractivity contribution < 1.29 is 19.1 Å². The van der Waals surface area contributed by atoms with Gasteiger partial charge in [0.15, 0.2) is 5.65 Å². The number of rotatable bonds is 7. The normalized spacial score (nSPS) is 24.1. The number of ether oxygens (including phenoxy) is 2. The number of nitrogens with zero attached hydrogens (tertiary/aromatic N) is 5. The van der Waals surface area contributed by atoms with Crippen molar-refractivity contribution in [3.8, 4) is 11.1 Å². The molecule has 4 heterocycles. The molecule has 0 saturated heterocycles. The Morgan fingerprint density at radius 1 is 1.00 bits per heavy atom. The Labute approximate surface area is 257 Å². The molecular weight excluding hydrogens is 556 g/mol. The summed E-state index contributed by atoms with van der Waals surface area (Å²) >= 11 is 0. The molecule has 0 aliphatic heterocycles. The summed E-state index contributed by atoms with van der Waals surface area (Å²) < 4.78 is 14.8. The minimum absolute atomic E-state index is 0.339. The lowest BCUT2D eigenvalue weighted by Gasteiger charge is -2.56. The number of esters is 2. The number of aromatic nitrogens is 5. The number of imidazole rings is 1. The molecule has 0 amide bonds. The van der Waals surface area contributed by atoms with Crippen molar-refractivity contribution in [1.29, 1.82) is 0 Å². The van der Waals surface area contributed by atoms with Crippen LogP contribution in [0, 0.1) is 30.1 Å². The summed E-state index contributed by atoms with van der Waals surface area (Å²) in [7, 11) is 1.38. The fourth-order valence-corrected chi connectivity index (χ4v) is 8.48. The Bertz CT molecular complexity index is 1730. The van der Waals surface area contributed by atoms with Crippen molar-refractivity contribution in [2.75, 3.05) is 12.4 Å². The molecule has 4 aromatic heterocycles. The van der Waals surface area contributed by atoms with Crippen molar-refractivity contribution in [3.63, 3.8) is 0 Å². The van der Waals surface area contributed by atoms with Gasteiger partial charge in [-0.3, -0.25) is 14.1 Å². The van der Waals surface area contributed by atoms with E-state index in [-0.39, 0.29) is 0 Å². The number of anilines is 2. The van der Waals surface area contributed by atoms with Crippen LogP contribution in [0.3, 0.4) is 0 Å². The molecule has 44 heavy (non-hydrogen) atoms. The molecule has 4 aliphatic carbocycles. The van der Waals surface area contributed by atoms with Gasteiger partial charge in [0, 0.05) is 35.8 Å². The van der Waals surface area contributed by atoms with Gasteiger partial charge in [0.05, 0.1) is 37.0 Å². The molecular formula is C34H40N6O4. The summed E-state index contributed by atoms with van der Waals surface area (Å²) in [6.45, 7) is 8.49. The van der Waals surface area contributed by atoms with Crippen molar-refractivity contribution in [1.82, 2.24) is 24.1 Å². The second-order valence-electron chi connectivity index (χ2n) is 14.2. The number of hydrogen-bond donors (Lipinski definition) is 1. The quantitative estimate of drug-likeness (QED) is 0.237. The van der Waals surface area contributed by atoms with Gasteiger partial charge in [0.1, 0.15) is 17.0 Å². The Balaban J connectivity index is 1.22. The van der Waals surface area contributed by atoms with Crippen molar-refractivity contribution in [2.24, 2.45) is 23.2 Å².